The molecule has 2 saturated heterocycles. The average molecular weight is 383 g/mol. The number of hydrogen-bond donors (Lipinski definition) is 0. The van der Waals surface area contributed by atoms with Gasteiger partial charge in [-0.15, -0.1) is 0 Å². The fraction of sp³-hybridized carbons (Fsp3) is 0.556. The van der Waals surface area contributed by atoms with Gasteiger partial charge in [-0.1, -0.05) is 11.6 Å². The summed E-state index contributed by atoms with van der Waals surface area (Å²) in [5.74, 6) is -0.348. The number of hydrogen-bond acceptors (Lipinski definition) is 5. The normalized spacial score (nSPS) is 18.8. The molecule has 2 aliphatic heterocycles. The Hall–Kier alpha value is -1.83. The Balaban J connectivity index is 1.65. The molecule has 0 unspecified atom stereocenters. The van der Waals surface area contributed by atoms with Crippen molar-refractivity contribution in [3.8, 4) is 5.75 Å². The van der Waals surface area contributed by atoms with Gasteiger partial charge in [-0.05, 0) is 18.2 Å². The summed E-state index contributed by atoms with van der Waals surface area (Å²) in [7, 11) is 1.52. The van der Waals surface area contributed by atoms with Crippen molar-refractivity contribution in [3.63, 3.8) is 0 Å². The SMILES string of the molecule is COc1ccc(N(CC(=O)N2CCC3(CC2)OCCO3)C(C)=O)cc1Cl. The lowest BCUT2D eigenvalue weighted by atomic mass is 10.0. The molecule has 1 spiro atoms. The number of rotatable bonds is 4. The topological polar surface area (TPSA) is 68.3 Å². The van der Waals surface area contributed by atoms with Gasteiger partial charge in [0.1, 0.15) is 12.3 Å². The van der Waals surface area contributed by atoms with Crippen molar-refractivity contribution in [2.45, 2.75) is 25.6 Å². The zero-order chi connectivity index (χ0) is 18.7. The van der Waals surface area contributed by atoms with Crippen molar-refractivity contribution in [2.75, 3.05) is 44.9 Å². The third-order valence-electron chi connectivity index (χ3n) is 4.81. The summed E-state index contributed by atoms with van der Waals surface area (Å²) in [6.45, 7) is 3.69. The van der Waals surface area contributed by atoms with Gasteiger partial charge in [0, 0.05) is 38.5 Å². The van der Waals surface area contributed by atoms with E-state index in [-0.39, 0.29) is 18.4 Å². The zero-order valence-electron chi connectivity index (χ0n) is 15.0. The van der Waals surface area contributed by atoms with Crippen LogP contribution in [0.25, 0.3) is 0 Å². The average Bonchev–Trinajstić information content (AvgIpc) is 3.07. The highest BCUT2D eigenvalue weighted by Crippen LogP contribution is 2.32. The van der Waals surface area contributed by atoms with Gasteiger partial charge in [0.2, 0.25) is 11.8 Å². The lowest BCUT2D eigenvalue weighted by Crippen LogP contribution is -2.50. The Morgan fingerprint density at radius 2 is 1.92 bits per heavy atom. The standard InChI is InChI=1S/C18H23ClN2O5/c1-13(22)21(14-3-4-16(24-2)15(19)11-14)12-17(23)20-7-5-18(6-8-20)25-9-10-26-18/h3-4,11H,5-10,12H2,1-2H3. The van der Waals surface area contributed by atoms with E-state index in [0.717, 1.165) is 0 Å². The second-order valence-corrected chi connectivity index (χ2v) is 6.82. The number of likely N-dealkylation sites (tertiary alicyclic amines) is 1. The molecule has 2 aliphatic rings. The van der Waals surface area contributed by atoms with Crippen molar-refractivity contribution in [3.05, 3.63) is 23.2 Å². The molecule has 0 bridgehead atoms. The quantitative estimate of drug-likeness (QED) is 0.797. The third kappa shape index (κ3) is 3.95. The monoisotopic (exact) mass is 382 g/mol. The lowest BCUT2D eigenvalue weighted by molar-refractivity contribution is -0.187. The second-order valence-electron chi connectivity index (χ2n) is 6.41. The maximum Gasteiger partial charge on any atom is 0.242 e. The van der Waals surface area contributed by atoms with Crippen molar-refractivity contribution >= 4 is 29.1 Å². The fourth-order valence-electron chi connectivity index (χ4n) is 3.33. The minimum absolute atomic E-state index is 0.0350. The van der Waals surface area contributed by atoms with Gasteiger partial charge < -0.3 is 24.0 Å². The number of piperidine rings is 1. The number of anilines is 1. The minimum atomic E-state index is -0.527. The molecule has 0 atom stereocenters. The first-order chi connectivity index (χ1) is 12.4. The van der Waals surface area contributed by atoms with E-state index in [1.165, 1.54) is 18.9 Å². The maximum absolute atomic E-state index is 12.7. The van der Waals surface area contributed by atoms with E-state index < -0.39 is 5.79 Å². The van der Waals surface area contributed by atoms with Gasteiger partial charge in [0.05, 0.1) is 25.3 Å². The molecule has 0 aromatic heterocycles. The van der Waals surface area contributed by atoms with Crippen molar-refractivity contribution in [1.29, 1.82) is 0 Å². The molecular weight excluding hydrogens is 360 g/mol. The molecular formula is C18H23ClN2O5. The van der Waals surface area contributed by atoms with Crippen LogP contribution < -0.4 is 9.64 Å². The summed E-state index contributed by atoms with van der Waals surface area (Å²) in [5, 5.41) is 0.388. The first kappa shape index (κ1) is 18.9. The molecule has 26 heavy (non-hydrogen) atoms. The van der Waals surface area contributed by atoms with Crippen LogP contribution in [0.2, 0.25) is 5.02 Å². The predicted octanol–water partition coefficient (Wildman–Crippen LogP) is 2.07. The number of methoxy groups -OCH3 is 1. The van der Waals surface area contributed by atoms with Crippen molar-refractivity contribution in [1.82, 2.24) is 4.90 Å². The fourth-order valence-corrected chi connectivity index (χ4v) is 3.58. The largest absolute Gasteiger partial charge is 0.495 e. The molecule has 1 aromatic carbocycles. The molecule has 2 amide bonds. The van der Waals surface area contributed by atoms with Crippen LogP contribution in [-0.2, 0) is 19.1 Å². The van der Waals surface area contributed by atoms with Crippen LogP contribution in [-0.4, -0.2) is 62.5 Å². The molecule has 3 rings (SSSR count). The minimum Gasteiger partial charge on any atom is -0.495 e. The molecule has 142 valence electrons. The first-order valence-electron chi connectivity index (χ1n) is 8.61. The van der Waals surface area contributed by atoms with Gasteiger partial charge in [-0.25, -0.2) is 0 Å². The highest BCUT2D eigenvalue weighted by molar-refractivity contribution is 6.32. The van der Waals surface area contributed by atoms with Crippen molar-refractivity contribution in [2.24, 2.45) is 0 Å². The van der Waals surface area contributed by atoms with Gasteiger partial charge in [0.25, 0.3) is 0 Å². The molecule has 1 aromatic rings. The Morgan fingerprint density at radius 3 is 2.46 bits per heavy atom. The first-order valence-corrected chi connectivity index (χ1v) is 8.99. The summed E-state index contributed by atoms with van der Waals surface area (Å²) in [5.41, 5.74) is 0.563. The Labute approximate surface area is 157 Å². The van der Waals surface area contributed by atoms with E-state index in [4.69, 9.17) is 25.8 Å². The van der Waals surface area contributed by atoms with Crippen LogP contribution in [0.3, 0.4) is 0 Å². The van der Waals surface area contributed by atoms with Gasteiger partial charge in [0.15, 0.2) is 5.79 Å². The number of carbonyl (C=O) groups excluding carboxylic acids is 2. The second kappa shape index (κ2) is 7.82. The summed E-state index contributed by atoms with van der Waals surface area (Å²) in [6, 6.07) is 5.02. The number of carbonyl (C=O) groups is 2. The zero-order valence-corrected chi connectivity index (χ0v) is 15.8. The molecule has 0 saturated carbocycles. The van der Waals surface area contributed by atoms with Crippen LogP contribution in [0, 0.1) is 0 Å². The Morgan fingerprint density at radius 1 is 1.27 bits per heavy atom. The smallest absolute Gasteiger partial charge is 0.242 e. The molecule has 2 fully saturated rings. The van der Waals surface area contributed by atoms with Crippen LogP contribution in [0.1, 0.15) is 19.8 Å². The van der Waals surface area contributed by atoms with E-state index >= 15 is 0 Å². The van der Waals surface area contributed by atoms with Gasteiger partial charge in [-0.3, -0.25) is 9.59 Å². The Kier molecular flexibility index (Phi) is 5.70. The molecule has 2 heterocycles. The molecule has 0 radical (unpaired) electrons. The van der Waals surface area contributed by atoms with Crippen LogP contribution >= 0.6 is 11.6 Å². The third-order valence-corrected chi connectivity index (χ3v) is 5.11. The molecule has 0 aliphatic carbocycles. The van der Waals surface area contributed by atoms with Crippen LogP contribution in [0.5, 0.6) is 5.75 Å². The van der Waals surface area contributed by atoms with Crippen molar-refractivity contribution < 1.29 is 23.8 Å². The van der Waals surface area contributed by atoms with E-state index in [1.54, 1.807) is 23.1 Å². The number of benzene rings is 1. The van der Waals surface area contributed by atoms with Crippen LogP contribution in [0.4, 0.5) is 5.69 Å². The summed E-state index contributed by atoms with van der Waals surface area (Å²) in [4.78, 5) is 27.9. The Bertz CT molecular complexity index is 680. The van der Waals surface area contributed by atoms with E-state index in [1.807, 2.05) is 0 Å². The predicted molar refractivity (Wildman–Crippen MR) is 96.5 cm³/mol. The van der Waals surface area contributed by atoms with E-state index in [9.17, 15) is 9.59 Å². The summed E-state index contributed by atoms with van der Waals surface area (Å²) in [6.07, 6.45) is 1.29. The van der Waals surface area contributed by atoms with E-state index in [0.29, 0.717) is 55.6 Å². The number of ether oxygens (including phenoxy) is 3. The molecule has 7 nitrogen and oxygen atoms in total. The summed E-state index contributed by atoms with van der Waals surface area (Å²) >= 11 is 6.15. The van der Waals surface area contributed by atoms with Gasteiger partial charge >= 0.3 is 0 Å². The highest BCUT2D eigenvalue weighted by Gasteiger charge is 2.40. The molecule has 0 N–H and O–H groups in total. The number of amides is 2. The summed E-state index contributed by atoms with van der Waals surface area (Å²) < 4.78 is 16.5. The molecule has 8 heteroatoms. The van der Waals surface area contributed by atoms with Gasteiger partial charge in [-0.2, -0.15) is 0 Å². The number of nitrogens with zero attached hydrogens (tertiary/aromatic N) is 2. The maximum atomic E-state index is 12.7. The number of halogens is 1. The lowest BCUT2D eigenvalue weighted by Gasteiger charge is -2.38. The highest BCUT2D eigenvalue weighted by atomic mass is 35.5. The van der Waals surface area contributed by atoms with E-state index in [2.05, 4.69) is 0 Å². The van der Waals surface area contributed by atoms with Crippen LogP contribution in [0.15, 0.2) is 18.2 Å².